The lowest BCUT2D eigenvalue weighted by atomic mass is 10.2. The van der Waals surface area contributed by atoms with Gasteiger partial charge >= 0.3 is 5.63 Å². The maximum Gasteiger partial charge on any atom is 0.336 e. The number of amides is 1. The highest BCUT2D eigenvalue weighted by molar-refractivity contribution is 7.89. The number of hydrogen-bond donors (Lipinski definition) is 2. The van der Waals surface area contributed by atoms with Crippen molar-refractivity contribution >= 4 is 26.9 Å². The van der Waals surface area contributed by atoms with E-state index in [2.05, 4.69) is 5.32 Å². The van der Waals surface area contributed by atoms with Gasteiger partial charge in [-0.25, -0.2) is 18.4 Å². The highest BCUT2D eigenvalue weighted by Crippen LogP contribution is 2.20. The van der Waals surface area contributed by atoms with Crippen LogP contribution in [0.15, 0.2) is 68.7 Å². The van der Waals surface area contributed by atoms with Gasteiger partial charge in [0, 0.05) is 24.1 Å². The Hall–Kier alpha value is -3.17. The Labute approximate surface area is 161 Å². The van der Waals surface area contributed by atoms with Crippen molar-refractivity contribution in [3.8, 4) is 5.75 Å². The summed E-state index contributed by atoms with van der Waals surface area (Å²) in [6, 6.07) is 13.8. The predicted octanol–water partition coefficient (Wildman–Crippen LogP) is 1.52. The van der Waals surface area contributed by atoms with Gasteiger partial charge in [0.05, 0.1) is 4.90 Å². The molecule has 9 heteroatoms. The minimum atomic E-state index is -3.75. The summed E-state index contributed by atoms with van der Waals surface area (Å²) >= 11 is 0. The molecular formula is C19H18N2O6S. The molecule has 3 rings (SSSR count). The van der Waals surface area contributed by atoms with Gasteiger partial charge < -0.3 is 14.5 Å². The molecule has 146 valence electrons. The molecule has 0 radical (unpaired) electrons. The smallest absolute Gasteiger partial charge is 0.336 e. The van der Waals surface area contributed by atoms with Gasteiger partial charge in [-0.05, 0) is 42.8 Å². The number of carbonyl (C=O) groups is 1. The average molecular weight is 402 g/mol. The maximum absolute atomic E-state index is 12.2. The fourth-order valence-electron chi connectivity index (χ4n) is 2.50. The van der Waals surface area contributed by atoms with Gasteiger partial charge in [-0.15, -0.1) is 0 Å². The lowest BCUT2D eigenvalue weighted by Crippen LogP contribution is -2.35. The van der Waals surface area contributed by atoms with E-state index in [9.17, 15) is 18.0 Å². The molecular weight excluding hydrogens is 384 g/mol. The molecule has 0 saturated carbocycles. The molecule has 2 aromatic carbocycles. The van der Waals surface area contributed by atoms with Gasteiger partial charge in [-0.1, -0.05) is 12.1 Å². The van der Waals surface area contributed by atoms with Crippen molar-refractivity contribution in [2.75, 3.05) is 0 Å². The van der Waals surface area contributed by atoms with Crippen LogP contribution in [0.5, 0.6) is 5.75 Å². The van der Waals surface area contributed by atoms with E-state index >= 15 is 0 Å². The largest absolute Gasteiger partial charge is 0.481 e. The highest BCUT2D eigenvalue weighted by atomic mass is 32.2. The lowest BCUT2D eigenvalue weighted by molar-refractivity contribution is -0.127. The molecule has 0 aliphatic heterocycles. The minimum absolute atomic E-state index is 0.00207. The van der Waals surface area contributed by atoms with Crippen LogP contribution in [-0.2, 0) is 21.4 Å². The minimum Gasteiger partial charge on any atom is -0.481 e. The van der Waals surface area contributed by atoms with Crippen LogP contribution >= 0.6 is 0 Å². The number of carbonyl (C=O) groups excluding carboxylic acids is 1. The number of rotatable bonds is 6. The van der Waals surface area contributed by atoms with Crippen molar-refractivity contribution in [3.63, 3.8) is 0 Å². The van der Waals surface area contributed by atoms with Gasteiger partial charge in [0.15, 0.2) is 6.10 Å². The molecule has 0 saturated heterocycles. The van der Waals surface area contributed by atoms with Gasteiger partial charge in [0.1, 0.15) is 11.3 Å². The topological polar surface area (TPSA) is 129 Å². The zero-order valence-electron chi connectivity index (χ0n) is 14.9. The summed E-state index contributed by atoms with van der Waals surface area (Å²) in [4.78, 5) is 23.6. The Morgan fingerprint density at radius 1 is 1.14 bits per heavy atom. The highest BCUT2D eigenvalue weighted by Gasteiger charge is 2.15. The predicted molar refractivity (Wildman–Crippen MR) is 102 cm³/mol. The van der Waals surface area contributed by atoms with Crippen LogP contribution < -0.4 is 20.8 Å². The molecule has 0 aliphatic rings. The van der Waals surface area contributed by atoms with Crippen molar-refractivity contribution in [2.24, 2.45) is 5.14 Å². The second-order valence-electron chi connectivity index (χ2n) is 6.12. The first kappa shape index (κ1) is 19.6. The second-order valence-corrected chi connectivity index (χ2v) is 7.68. The van der Waals surface area contributed by atoms with Crippen LogP contribution in [0.3, 0.4) is 0 Å². The van der Waals surface area contributed by atoms with Crippen molar-refractivity contribution in [3.05, 3.63) is 70.6 Å². The Balaban J connectivity index is 1.61. The first-order valence-electron chi connectivity index (χ1n) is 8.32. The third kappa shape index (κ3) is 4.76. The first-order chi connectivity index (χ1) is 13.2. The molecule has 1 atom stereocenters. The van der Waals surface area contributed by atoms with Crippen LogP contribution in [0.2, 0.25) is 0 Å². The lowest BCUT2D eigenvalue weighted by Gasteiger charge is -2.15. The summed E-state index contributed by atoms with van der Waals surface area (Å²) in [5, 5.41) is 8.49. The summed E-state index contributed by atoms with van der Waals surface area (Å²) in [5.41, 5.74) is 0.608. The van der Waals surface area contributed by atoms with E-state index in [4.69, 9.17) is 14.3 Å². The zero-order valence-corrected chi connectivity index (χ0v) is 15.7. The fraction of sp³-hybridized carbons (Fsp3) is 0.158. The summed E-state index contributed by atoms with van der Waals surface area (Å²) < 4.78 is 33.2. The van der Waals surface area contributed by atoms with E-state index in [1.54, 1.807) is 43.3 Å². The van der Waals surface area contributed by atoms with Gasteiger partial charge in [-0.3, -0.25) is 4.79 Å². The van der Waals surface area contributed by atoms with Crippen LogP contribution in [0.1, 0.15) is 12.5 Å². The molecule has 28 heavy (non-hydrogen) atoms. The number of nitrogens with two attached hydrogens (primary N) is 1. The van der Waals surface area contributed by atoms with E-state index < -0.39 is 21.8 Å². The van der Waals surface area contributed by atoms with Gasteiger partial charge in [-0.2, -0.15) is 0 Å². The van der Waals surface area contributed by atoms with E-state index in [0.29, 0.717) is 16.9 Å². The molecule has 3 aromatic rings. The summed E-state index contributed by atoms with van der Waals surface area (Å²) in [7, 11) is -3.75. The molecule has 1 aromatic heterocycles. The molecule has 0 spiro atoms. The monoisotopic (exact) mass is 402 g/mol. The number of ether oxygens (including phenoxy) is 1. The number of hydrogen-bond acceptors (Lipinski definition) is 6. The average Bonchev–Trinajstić information content (AvgIpc) is 2.65. The third-order valence-electron chi connectivity index (χ3n) is 4.00. The van der Waals surface area contributed by atoms with Crippen molar-refractivity contribution < 1.29 is 22.4 Å². The van der Waals surface area contributed by atoms with E-state index in [1.165, 1.54) is 18.2 Å². The number of primary sulfonamides is 1. The number of fused-ring (bicyclic) bond motifs is 1. The number of sulfonamides is 1. The molecule has 3 N–H and O–H groups in total. The van der Waals surface area contributed by atoms with Gasteiger partial charge in [0.2, 0.25) is 10.0 Å². The SMILES string of the molecule is C[C@@H](Oc1ccc2ccc(=O)oc2c1)C(=O)NCc1ccc(S(N)(=O)=O)cc1. The van der Waals surface area contributed by atoms with Crippen LogP contribution in [0.25, 0.3) is 11.0 Å². The Kier molecular flexibility index (Phi) is 5.48. The standard InChI is InChI=1S/C19H18N2O6S/c1-12(26-15-6-4-14-5-9-18(22)27-17(14)10-15)19(23)21-11-13-2-7-16(8-3-13)28(20,24)25/h2-10,12H,11H2,1H3,(H,21,23)(H2,20,24,25)/t12-/m1/s1. The maximum atomic E-state index is 12.2. The van der Waals surface area contributed by atoms with Crippen LogP contribution in [0.4, 0.5) is 0 Å². The molecule has 0 aliphatic carbocycles. The molecule has 0 bridgehead atoms. The fourth-order valence-corrected chi connectivity index (χ4v) is 3.02. The van der Waals surface area contributed by atoms with Gasteiger partial charge in [0.25, 0.3) is 5.91 Å². The first-order valence-corrected chi connectivity index (χ1v) is 9.87. The Morgan fingerprint density at radius 3 is 2.50 bits per heavy atom. The molecule has 0 fully saturated rings. The number of benzene rings is 2. The Bertz CT molecular complexity index is 1170. The normalized spacial score (nSPS) is 12.5. The molecule has 1 amide bonds. The second kappa shape index (κ2) is 7.83. The third-order valence-corrected chi connectivity index (χ3v) is 4.92. The van der Waals surface area contributed by atoms with E-state index in [1.807, 2.05) is 0 Å². The summed E-state index contributed by atoms with van der Waals surface area (Å²) in [6.45, 7) is 1.79. The van der Waals surface area contributed by atoms with E-state index in [0.717, 1.165) is 5.39 Å². The quantitative estimate of drug-likeness (QED) is 0.602. The Morgan fingerprint density at radius 2 is 1.82 bits per heavy atom. The molecule has 8 nitrogen and oxygen atoms in total. The van der Waals surface area contributed by atoms with Crippen molar-refractivity contribution in [1.29, 1.82) is 0 Å². The van der Waals surface area contributed by atoms with Crippen LogP contribution in [0, 0.1) is 0 Å². The van der Waals surface area contributed by atoms with Crippen LogP contribution in [-0.4, -0.2) is 20.4 Å². The molecule has 0 unspecified atom stereocenters. The van der Waals surface area contributed by atoms with Crippen molar-refractivity contribution in [2.45, 2.75) is 24.5 Å². The molecule has 1 heterocycles. The summed E-state index contributed by atoms with van der Waals surface area (Å²) in [5.74, 6) is 0.0344. The van der Waals surface area contributed by atoms with E-state index in [-0.39, 0.29) is 17.3 Å². The van der Waals surface area contributed by atoms with Crippen molar-refractivity contribution in [1.82, 2.24) is 5.32 Å². The number of nitrogens with one attached hydrogen (secondary N) is 1. The summed E-state index contributed by atoms with van der Waals surface area (Å²) in [6.07, 6.45) is -0.795. The zero-order chi connectivity index (χ0) is 20.3.